The summed E-state index contributed by atoms with van der Waals surface area (Å²) in [4.78, 5) is 24.1. The Morgan fingerprint density at radius 3 is 2.68 bits per heavy atom. The second-order valence-electron chi connectivity index (χ2n) is 9.53. The van der Waals surface area contributed by atoms with Gasteiger partial charge in [-0.2, -0.15) is 0 Å². The first kappa shape index (κ1) is 23.9. The molecule has 1 atom stereocenters. The summed E-state index contributed by atoms with van der Waals surface area (Å²) in [5.41, 5.74) is 17.0. The molecule has 6 rings (SSSR count). The van der Waals surface area contributed by atoms with E-state index in [4.69, 9.17) is 11.5 Å². The lowest BCUT2D eigenvalue weighted by atomic mass is 9.86. The molecule has 192 valence electrons. The first-order valence-electron chi connectivity index (χ1n) is 12.2. The molecular formula is C27H25F2N9. The second kappa shape index (κ2) is 9.42. The molecule has 0 amide bonds. The quantitative estimate of drug-likeness (QED) is 0.365. The molecule has 5 aromatic rings. The summed E-state index contributed by atoms with van der Waals surface area (Å²) in [5, 5.41) is 0. The van der Waals surface area contributed by atoms with E-state index in [1.807, 2.05) is 28.8 Å². The van der Waals surface area contributed by atoms with Gasteiger partial charge in [-0.3, -0.25) is 9.97 Å². The summed E-state index contributed by atoms with van der Waals surface area (Å²) in [6, 6.07) is 11.4. The Morgan fingerprint density at radius 2 is 1.87 bits per heavy atom. The Labute approximate surface area is 217 Å². The van der Waals surface area contributed by atoms with Crippen molar-refractivity contribution in [1.29, 1.82) is 0 Å². The normalized spacial score (nSPS) is 17.7. The molecule has 4 aromatic heterocycles. The average Bonchev–Trinajstić information content (AvgIpc) is 3.35. The minimum absolute atomic E-state index is 0.297. The molecule has 0 spiro atoms. The molecule has 4 N–H and O–H groups in total. The highest BCUT2D eigenvalue weighted by Gasteiger charge is 2.35. The highest BCUT2D eigenvalue weighted by atomic mass is 19.2. The van der Waals surface area contributed by atoms with E-state index in [-0.39, 0.29) is 0 Å². The van der Waals surface area contributed by atoms with E-state index < -0.39 is 17.2 Å². The van der Waals surface area contributed by atoms with Gasteiger partial charge in [0.25, 0.3) is 0 Å². The third kappa shape index (κ3) is 4.30. The van der Waals surface area contributed by atoms with E-state index in [0.29, 0.717) is 41.3 Å². The number of anilines is 2. The van der Waals surface area contributed by atoms with Crippen LogP contribution in [-0.4, -0.2) is 42.6 Å². The number of benzene rings is 1. The number of pyridine rings is 2. The molecular weight excluding hydrogens is 488 g/mol. The van der Waals surface area contributed by atoms with Gasteiger partial charge in [0.1, 0.15) is 11.8 Å². The molecule has 11 heteroatoms. The van der Waals surface area contributed by atoms with Gasteiger partial charge in [0, 0.05) is 24.8 Å². The van der Waals surface area contributed by atoms with Crippen LogP contribution in [0.3, 0.4) is 0 Å². The standard InChI is InChI=1S/C27H25F2N9/c28-19-6-5-17(10-20(19)29)21-11-18(13-38-16-36-24-25(30)34-15-35-26(24)38)22(12-33-21)37-9-3-7-27(31,14-37)23-4-1-2-8-32-23/h1-2,4-6,8,10-12,15-16H,3,7,9,13-14,31H2,(H2,30,34,35). The van der Waals surface area contributed by atoms with E-state index in [0.717, 1.165) is 48.5 Å². The first-order valence-corrected chi connectivity index (χ1v) is 12.2. The molecule has 1 aliphatic heterocycles. The predicted molar refractivity (Wildman–Crippen MR) is 140 cm³/mol. The SMILES string of the molecule is Nc1ncnc2c1ncn2Cc1cc(-c2ccc(F)c(F)c2)ncc1N1CCCC(N)(c2ccccn2)C1. The Bertz CT molecular complexity index is 1620. The number of nitrogen functional groups attached to an aromatic ring is 1. The van der Waals surface area contributed by atoms with Gasteiger partial charge in [-0.05, 0) is 54.8 Å². The molecule has 0 bridgehead atoms. The van der Waals surface area contributed by atoms with Gasteiger partial charge >= 0.3 is 0 Å². The minimum atomic E-state index is -0.929. The van der Waals surface area contributed by atoms with E-state index in [1.165, 1.54) is 12.4 Å². The number of halogens is 2. The molecule has 1 saturated heterocycles. The average molecular weight is 514 g/mol. The summed E-state index contributed by atoms with van der Waals surface area (Å²) in [6.45, 7) is 1.72. The third-order valence-corrected chi connectivity index (χ3v) is 6.99. The summed E-state index contributed by atoms with van der Waals surface area (Å²) < 4.78 is 29.5. The van der Waals surface area contributed by atoms with Gasteiger partial charge in [-0.15, -0.1) is 0 Å². The van der Waals surface area contributed by atoms with Crippen LogP contribution < -0.4 is 16.4 Å². The van der Waals surface area contributed by atoms with Gasteiger partial charge in [0.05, 0.1) is 41.7 Å². The van der Waals surface area contributed by atoms with Crippen molar-refractivity contribution in [3.63, 3.8) is 0 Å². The first-order chi connectivity index (χ1) is 18.4. The smallest absolute Gasteiger partial charge is 0.165 e. The summed E-state index contributed by atoms with van der Waals surface area (Å²) in [7, 11) is 0. The van der Waals surface area contributed by atoms with Crippen molar-refractivity contribution in [1.82, 2.24) is 29.5 Å². The molecule has 0 aliphatic carbocycles. The van der Waals surface area contributed by atoms with Crippen LogP contribution in [0.25, 0.3) is 22.4 Å². The van der Waals surface area contributed by atoms with Crippen LogP contribution in [-0.2, 0) is 12.1 Å². The fraction of sp³-hybridized carbons (Fsp3) is 0.222. The van der Waals surface area contributed by atoms with Crippen LogP contribution in [0.15, 0.2) is 67.5 Å². The lowest BCUT2D eigenvalue weighted by molar-refractivity contribution is 0.345. The molecule has 1 fully saturated rings. The van der Waals surface area contributed by atoms with Gasteiger partial charge in [0.2, 0.25) is 0 Å². The fourth-order valence-corrected chi connectivity index (χ4v) is 5.07. The van der Waals surface area contributed by atoms with Crippen molar-refractivity contribution in [3.8, 4) is 11.3 Å². The van der Waals surface area contributed by atoms with Crippen molar-refractivity contribution >= 4 is 22.7 Å². The van der Waals surface area contributed by atoms with E-state index in [1.54, 1.807) is 18.7 Å². The fourth-order valence-electron chi connectivity index (χ4n) is 5.07. The Balaban J connectivity index is 1.43. The lowest BCUT2D eigenvalue weighted by Crippen LogP contribution is -2.52. The maximum atomic E-state index is 14.0. The molecule has 1 aromatic carbocycles. The van der Waals surface area contributed by atoms with Gasteiger partial charge < -0.3 is 20.9 Å². The van der Waals surface area contributed by atoms with Crippen molar-refractivity contribution in [2.45, 2.75) is 24.9 Å². The van der Waals surface area contributed by atoms with Gasteiger partial charge in [0.15, 0.2) is 23.1 Å². The zero-order valence-corrected chi connectivity index (χ0v) is 20.4. The maximum Gasteiger partial charge on any atom is 0.165 e. The number of hydrogen-bond donors (Lipinski definition) is 2. The maximum absolute atomic E-state index is 14.0. The highest BCUT2D eigenvalue weighted by molar-refractivity contribution is 5.81. The van der Waals surface area contributed by atoms with Crippen molar-refractivity contribution in [2.75, 3.05) is 23.7 Å². The zero-order valence-electron chi connectivity index (χ0n) is 20.4. The Kier molecular flexibility index (Phi) is 5.91. The lowest BCUT2D eigenvalue weighted by Gasteiger charge is -2.41. The van der Waals surface area contributed by atoms with Gasteiger partial charge in [-0.1, -0.05) is 6.07 Å². The molecule has 38 heavy (non-hydrogen) atoms. The zero-order chi connectivity index (χ0) is 26.3. The predicted octanol–water partition coefficient (Wildman–Crippen LogP) is 3.65. The van der Waals surface area contributed by atoms with Crippen molar-refractivity contribution in [2.24, 2.45) is 5.73 Å². The summed E-state index contributed by atoms with van der Waals surface area (Å²) in [5.74, 6) is -1.54. The van der Waals surface area contributed by atoms with Crippen LogP contribution in [0.4, 0.5) is 20.3 Å². The largest absolute Gasteiger partial charge is 0.382 e. The number of fused-ring (bicyclic) bond motifs is 1. The Hall–Kier alpha value is -4.51. The van der Waals surface area contributed by atoms with E-state index in [2.05, 4.69) is 29.8 Å². The van der Waals surface area contributed by atoms with Crippen LogP contribution >= 0.6 is 0 Å². The second-order valence-corrected chi connectivity index (χ2v) is 9.53. The minimum Gasteiger partial charge on any atom is -0.382 e. The Morgan fingerprint density at radius 1 is 0.974 bits per heavy atom. The number of imidazole rings is 1. The van der Waals surface area contributed by atoms with Crippen LogP contribution in [0, 0.1) is 11.6 Å². The molecule has 0 saturated carbocycles. The van der Waals surface area contributed by atoms with Crippen LogP contribution in [0.2, 0.25) is 0 Å². The molecule has 9 nitrogen and oxygen atoms in total. The molecule has 1 aliphatic rings. The van der Waals surface area contributed by atoms with Crippen molar-refractivity contribution in [3.05, 3.63) is 90.4 Å². The third-order valence-electron chi connectivity index (χ3n) is 6.99. The van der Waals surface area contributed by atoms with Gasteiger partial charge in [-0.25, -0.2) is 23.7 Å². The van der Waals surface area contributed by atoms with Crippen LogP contribution in [0.5, 0.6) is 0 Å². The summed E-state index contributed by atoms with van der Waals surface area (Å²) >= 11 is 0. The number of nitrogens with two attached hydrogens (primary N) is 2. The number of rotatable bonds is 5. The highest BCUT2D eigenvalue weighted by Crippen LogP contribution is 2.34. The molecule has 1 unspecified atom stereocenters. The van der Waals surface area contributed by atoms with Crippen LogP contribution in [0.1, 0.15) is 24.1 Å². The topological polar surface area (TPSA) is 125 Å². The summed E-state index contributed by atoms with van der Waals surface area (Å²) in [6.07, 6.45) is 8.25. The van der Waals surface area contributed by atoms with E-state index >= 15 is 0 Å². The molecule has 0 radical (unpaired) electrons. The number of hydrogen-bond acceptors (Lipinski definition) is 8. The number of piperidine rings is 1. The number of nitrogens with zero attached hydrogens (tertiary/aromatic N) is 7. The monoisotopic (exact) mass is 513 g/mol. The number of aromatic nitrogens is 6. The van der Waals surface area contributed by atoms with Crippen molar-refractivity contribution < 1.29 is 8.78 Å². The van der Waals surface area contributed by atoms with E-state index in [9.17, 15) is 8.78 Å². The molecule has 5 heterocycles.